The van der Waals surface area contributed by atoms with Gasteiger partial charge < -0.3 is 4.90 Å². The minimum Gasteiger partial charge on any atom is -0.383 e. The van der Waals surface area contributed by atoms with Gasteiger partial charge in [0.05, 0.1) is 5.70 Å². The summed E-state index contributed by atoms with van der Waals surface area (Å²) >= 11 is 0. The molecular formula is C24H31N3. The van der Waals surface area contributed by atoms with Crippen LogP contribution < -0.4 is 0 Å². The zero-order valence-corrected chi connectivity index (χ0v) is 17.5. The number of benzene rings is 1. The largest absolute Gasteiger partial charge is 0.383 e. The summed E-state index contributed by atoms with van der Waals surface area (Å²) in [6.45, 7) is 14.2. The Morgan fingerprint density at radius 3 is 2.30 bits per heavy atom. The number of allylic oxidation sites excluding steroid dienone is 6. The van der Waals surface area contributed by atoms with Gasteiger partial charge in [0.15, 0.2) is 0 Å². The molecule has 27 heavy (non-hydrogen) atoms. The maximum atomic E-state index is 4.62. The molecule has 0 bridgehead atoms. The highest BCUT2D eigenvalue weighted by molar-refractivity contribution is 6.00. The lowest BCUT2D eigenvalue weighted by Gasteiger charge is -2.11. The van der Waals surface area contributed by atoms with Crippen LogP contribution in [-0.4, -0.2) is 38.5 Å². The summed E-state index contributed by atoms with van der Waals surface area (Å²) in [5.41, 5.74) is 7.12. The van der Waals surface area contributed by atoms with E-state index < -0.39 is 0 Å². The lowest BCUT2D eigenvalue weighted by atomic mass is 10.0. The van der Waals surface area contributed by atoms with Crippen LogP contribution in [0.3, 0.4) is 0 Å². The number of aliphatic imine (C=N–C) groups is 2. The fourth-order valence-corrected chi connectivity index (χ4v) is 2.55. The Kier molecular flexibility index (Phi) is 8.94. The Hall–Kier alpha value is -2.94. The maximum absolute atomic E-state index is 4.62. The minimum atomic E-state index is 0.716. The molecule has 0 aromatic heterocycles. The fraction of sp³-hybridized carbons (Fsp3) is 0.250. The molecule has 142 valence electrons. The Morgan fingerprint density at radius 1 is 1.11 bits per heavy atom. The van der Waals surface area contributed by atoms with Gasteiger partial charge in [-0.1, -0.05) is 49.1 Å². The van der Waals surface area contributed by atoms with Gasteiger partial charge in [0, 0.05) is 45.3 Å². The standard InChI is InChI=1S/C24H31N3/c1-9-20(15-25-6)24(18(3)4)16-26-19(5)22-12-11-13-23(14-22)21(10-2)17-27(7)8/h9-17H,2,5H2,1,3-4,6-8H3/b20-9+,21-17+,25-15-,26-16-. The molecule has 0 aliphatic heterocycles. The molecule has 3 nitrogen and oxygen atoms in total. The van der Waals surface area contributed by atoms with Crippen LogP contribution in [0.1, 0.15) is 31.9 Å². The van der Waals surface area contributed by atoms with E-state index in [0.717, 1.165) is 27.8 Å². The van der Waals surface area contributed by atoms with E-state index in [-0.39, 0.29) is 0 Å². The highest BCUT2D eigenvalue weighted by atomic mass is 15.0. The number of rotatable bonds is 8. The van der Waals surface area contributed by atoms with E-state index >= 15 is 0 Å². The van der Waals surface area contributed by atoms with Crippen molar-refractivity contribution in [3.63, 3.8) is 0 Å². The first-order valence-corrected chi connectivity index (χ1v) is 8.94. The highest BCUT2D eigenvalue weighted by Crippen LogP contribution is 2.22. The lowest BCUT2D eigenvalue weighted by molar-refractivity contribution is 0.566. The van der Waals surface area contributed by atoms with E-state index in [1.165, 1.54) is 5.57 Å². The van der Waals surface area contributed by atoms with Gasteiger partial charge in [0.1, 0.15) is 0 Å². The quantitative estimate of drug-likeness (QED) is 0.425. The van der Waals surface area contributed by atoms with Crippen LogP contribution in [0.15, 0.2) is 82.5 Å². The van der Waals surface area contributed by atoms with Crippen LogP contribution in [0.4, 0.5) is 0 Å². The number of hydrogen-bond donors (Lipinski definition) is 0. The van der Waals surface area contributed by atoms with Crippen LogP contribution in [0, 0.1) is 0 Å². The van der Waals surface area contributed by atoms with E-state index in [2.05, 4.69) is 49.1 Å². The van der Waals surface area contributed by atoms with E-state index in [1.807, 2.05) is 68.8 Å². The maximum Gasteiger partial charge on any atom is 0.0630 e. The summed E-state index contributed by atoms with van der Waals surface area (Å²) in [7, 11) is 5.76. The summed E-state index contributed by atoms with van der Waals surface area (Å²) < 4.78 is 0. The van der Waals surface area contributed by atoms with Crippen LogP contribution in [-0.2, 0) is 0 Å². The number of hydrogen-bond acceptors (Lipinski definition) is 3. The molecule has 3 heteroatoms. The Bertz CT molecular complexity index is 827. The molecule has 0 unspecified atom stereocenters. The average Bonchev–Trinajstić information content (AvgIpc) is 2.64. The van der Waals surface area contributed by atoms with Crippen molar-refractivity contribution in [3.8, 4) is 0 Å². The summed E-state index contributed by atoms with van der Waals surface area (Å²) in [6.07, 6.45) is 9.65. The van der Waals surface area contributed by atoms with Crippen molar-refractivity contribution >= 4 is 23.7 Å². The second-order valence-corrected chi connectivity index (χ2v) is 6.58. The summed E-state index contributed by atoms with van der Waals surface area (Å²) in [5.74, 6) is 0. The third-order valence-corrected chi connectivity index (χ3v) is 3.92. The van der Waals surface area contributed by atoms with E-state index in [0.29, 0.717) is 5.70 Å². The average molecular weight is 362 g/mol. The first-order chi connectivity index (χ1) is 12.8. The Labute approximate surface area is 164 Å². The van der Waals surface area contributed by atoms with Crippen molar-refractivity contribution in [2.75, 3.05) is 21.1 Å². The molecule has 0 fully saturated rings. The SMILES string of the molecule is C=C/C(=C\N(C)C)c1cccc(C(=C)/N=C\C(=C(C)C)C(/C=N\C)=C/C)c1. The van der Waals surface area contributed by atoms with E-state index in [9.17, 15) is 0 Å². The monoisotopic (exact) mass is 361 g/mol. The molecule has 0 radical (unpaired) electrons. The van der Waals surface area contributed by atoms with Gasteiger partial charge in [-0.05, 0) is 49.1 Å². The Morgan fingerprint density at radius 2 is 1.78 bits per heavy atom. The second kappa shape index (κ2) is 10.9. The molecule has 0 aliphatic rings. The van der Waals surface area contributed by atoms with E-state index in [1.54, 1.807) is 7.05 Å². The van der Waals surface area contributed by atoms with Gasteiger partial charge in [-0.15, -0.1) is 0 Å². The van der Waals surface area contributed by atoms with Gasteiger partial charge in [0.2, 0.25) is 0 Å². The van der Waals surface area contributed by atoms with Crippen LogP contribution in [0.2, 0.25) is 0 Å². The molecule has 1 rings (SSSR count). The van der Waals surface area contributed by atoms with Crippen molar-refractivity contribution in [3.05, 3.63) is 83.6 Å². The molecule has 0 amide bonds. The zero-order valence-electron chi connectivity index (χ0n) is 17.5. The van der Waals surface area contributed by atoms with Crippen LogP contribution >= 0.6 is 0 Å². The topological polar surface area (TPSA) is 28.0 Å². The summed E-state index contributed by atoms with van der Waals surface area (Å²) in [4.78, 5) is 10.8. The van der Waals surface area contributed by atoms with Crippen LogP contribution in [0.25, 0.3) is 11.3 Å². The first kappa shape index (κ1) is 22.1. The molecule has 0 saturated heterocycles. The molecule has 0 aliphatic carbocycles. The summed E-state index contributed by atoms with van der Waals surface area (Å²) in [6, 6.07) is 8.19. The van der Waals surface area contributed by atoms with Gasteiger partial charge in [-0.3, -0.25) is 9.98 Å². The van der Waals surface area contributed by atoms with Gasteiger partial charge in [-0.2, -0.15) is 0 Å². The third-order valence-electron chi connectivity index (χ3n) is 3.92. The minimum absolute atomic E-state index is 0.716. The molecule has 0 N–H and O–H groups in total. The lowest BCUT2D eigenvalue weighted by Crippen LogP contribution is -2.02. The van der Waals surface area contributed by atoms with Gasteiger partial charge in [-0.25, -0.2) is 0 Å². The van der Waals surface area contributed by atoms with Crippen molar-refractivity contribution in [2.24, 2.45) is 9.98 Å². The molecule has 0 saturated carbocycles. The normalized spacial score (nSPS) is 12.5. The highest BCUT2D eigenvalue weighted by Gasteiger charge is 2.05. The molecule has 1 aromatic rings. The fourth-order valence-electron chi connectivity index (χ4n) is 2.55. The predicted octanol–water partition coefficient (Wildman–Crippen LogP) is 5.80. The van der Waals surface area contributed by atoms with Crippen LogP contribution in [0.5, 0.6) is 0 Å². The zero-order chi connectivity index (χ0) is 20.4. The molecule has 0 atom stereocenters. The molecule has 0 spiro atoms. The van der Waals surface area contributed by atoms with E-state index in [4.69, 9.17) is 0 Å². The van der Waals surface area contributed by atoms with Crippen molar-refractivity contribution < 1.29 is 0 Å². The Balaban J connectivity index is 3.20. The van der Waals surface area contributed by atoms with Crippen molar-refractivity contribution in [1.82, 2.24) is 4.90 Å². The first-order valence-electron chi connectivity index (χ1n) is 8.94. The smallest absolute Gasteiger partial charge is 0.0630 e. The van der Waals surface area contributed by atoms with Crippen molar-refractivity contribution in [2.45, 2.75) is 20.8 Å². The third kappa shape index (κ3) is 6.70. The predicted molar refractivity (Wildman–Crippen MR) is 122 cm³/mol. The molecule has 0 heterocycles. The molecule has 1 aromatic carbocycles. The van der Waals surface area contributed by atoms with Gasteiger partial charge in [0.25, 0.3) is 0 Å². The molecular weight excluding hydrogens is 330 g/mol. The summed E-state index contributed by atoms with van der Waals surface area (Å²) in [5, 5.41) is 0. The second-order valence-electron chi connectivity index (χ2n) is 6.58. The van der Waals surface area contributed by atoms with Gasteiger partial charge >= 0.3 is 0 Å². The van der Waals surface area contributed by atoms with Crippen molar-refractivity contribution in [1.29, 1.82) is 0 Å². The number of nitrogens with zero attached hydrogens (tertiary/aromatic N) is 3.